The van der Waals surface area contributed by atoms with Crippen molar-refractivity contribution in [1.82, 2.24) is 0 Å². The topological polar surface area (TPSA) is 23.8 Å². The van der Waals surface area contributed by atoms with Gasteiger partial charge in [-0.05, 0) is 36.0 Å². The van der Waals surface area contributed by atoms with E-state index in [1.54, 1.807) is 12.1 Å². The molecule has 2 aromatic carbocycles. The summed E-state index contributed by atoms with van der Waals surface area (Å²) in [5.74, 6) is 0.236. The maximum atomic E-state index is 13.6. The highest BCUT2D eigenvalue weighted by atomic mass is 19.1. The van der Waals surface area contributed by atoms with Crippen LogP contribution in [0.3, 0.4) is 0 Å². The van der Waals surface area contributed by atoms with Gasteiger partial charge in [-0.1, -0.05) is 42.8 Å². The molecule has 0 aliphatic heterocycles. The fraction of sp³-hybridized carbons (Fsp3) is 0.235. The zero-order valence-electron chi connectivity index (χ0n) is 10.6. The Kier molecular flexibility index (Phi) is 3.05. The molecule has 0 amide bonds. The molecule has 19 heavy (non-hydrogen) atoms. The normalized spacial score (nSPS) is 14.7. The summed E-state index contributed by atoms with van der Waals surface area (Å²) < 4.78 is 13.6. The molecule has 2 aromatic rings. The van der Waals surface area contributed by atoms with Crippen LogP contribution in [0.5, 0.6) is 0 Å². The third-order valence-electron chi connectivity index (χ3n) is 3.92. The molecule has 0 radical (unpaired) electrons. The maximum Gasteiger partial charge on any atom is 0.141 e. The van der Waals surface area contributed by atoms with Crippen LogP contribution in [-0.2, 0) is 0 Å². The third-order valence-corrected chi connectivity index (χ3v) is 3.92. The lowest BCUT2D eigenvalue weighted by molar-refractivity contribution is 0.420. The molecule has 1 fully saturated rings. The molecule has 0 heterocycles. The number of nitriles is 1. The van der Waals surface area contributed by atoms with Crippen molar-refractivity contribution < 1.29 is 4.39 Å². The van der Waals surface area contributed by atoms with Gasteiger partial charge in [0.2, 0.25) is 0 Å². The van der Waals surface area contributed by atoms with E-state index < -0.39 is 5.82 Å². The summed E-state index contributed by atoms with van der Waals surface area (Å²) in [6.07, 6.45) is 3.85. The minimum atomic E-state index is -0.455. The first-order valence-corrected chi connectivity index (χ1v) is 6.58. The van der Waals surface area contributed by atoms with Crippen LogP contribution in [-0.4, -0.2) is 0 Å². The molecule has 0 aromatic heterocycles. The van der Waals surface area contributed by atoms with E-state index in [4.69, 9.17) is 5.26 Å². The summed E-state index contributed by atoms with van der Waals surface area (Å²) in [6, 6.07) is 14.9. The van der Waals surface area contributed by atoms with Crippen molar-refractivity contribution in [3.63, 3.8) is 0 Å². The highest BCUT2D eigenvalue weighted by molar-refractivity contribution is 5.70. The molecule has 2 heteroatoms. The first-order valence-electron chi connectivity index (χ1n) is 6.58. The van der Waals surface area contributed by atoms with Crippen LogP contribution in [0.1, 0.15) is 36.3 Å². The predicted molar refractivity (Wildman–Crippen MR) is 73.1 cm³/mol. The molecule has 0 N–H and O–H groups in total. The zero-order chi connectivity index (χ0) is 13.2. The molecule has 1 saturated carbocycles. The van der Waals surface area contributed by atoms with Crippen LogP contribution in [0.4, 0.5) is 4.39 Å². The quantitative estimate of drug-likeness (QED) is 0.763. The lowest BCUT2D eigenvalue weighted by Crippen LogP contribution is -2.08. The van der Waals surface area contributed by atoms with Gasteiger partial charge in [0.1, 0.15) is 11.9 Å². The van der Waals surface area contributed by atoms with Gasteiger partial charge in [0.05, 0.1) is 5.56 Å². The molecular weight excluding hydrogens is 237 g/mol. The van der Waals surface area contributed by atoms with E-state index in [2.05, 4.69) is 12.1 Å². The van der Waals surface area contributed by atoms with Crippen LogP contribution in [0.15, 0.2) is 42.5 Å². The number of halogens is 1. The van der Waals surface area contributed by atoms with E-state index in [-0.39, 0.29) is 5.56 Å². The van der Waals surface area contributed by atoms with E-state index in [9.17, 15) is 4.39 Å². The van der Waals surface area contributed by atoms with E-state index in [0.717, 1.165) is 5.56 Å². The van der Waals surface area contributed by atoms with Crippen LogP contribution < -0.4 is 0 Å². The van der Waals surface area contributed by atoms with Gasteiger partial charge < -0.3 is 0 Å². The van der Waals surface area contributed by atoms with Gasteiger partial charge in [0, 0.05) is 5.56 Å². The molecule has 1 aliphatic rings. The summed E-state index contributed by atoms with van der Waals surface area (Å²) in [6.45, 7) is 0. The third kappa shape index (κ3) is 2.13. The number of hydrogen-bond acceptors (Lipinski definition) is 1. The van der Waals surface area contributed by atoms with Crippen LogP contribution >= 0.6 is 0 Å². The summed E-state index contributed by atoms with van der Waals surface area (Å²) in [5.41, 5.74) is 3.05. The molecule has 0 spiro atoms. The Morgan fingerprint density at radius 3 is 2.37 bits per heavy atom. The van der Waals surface area contributed by atoms with Gasteiger partial charge in [-0.3, -0.25) is 0 Å². The summed E-state index contributed by atoms with van der Waals surface area (Å²) >= 11 is 0. The largest absolute Gasteiger partial charge is 0.206 e. The Bertz CT molecular complexity index is 633. The Hall–Kier alpha value is -2.14. The van der Waals surface area contributed by atoms with Crippen molar-refractivity contribution in [3.05, 3.63) is 59.4 Å². The molecule has 1 aliphatic carbocycles. The Labute approximate surface area is 112 Å². The van der Waals surface area contributed by atoms with Gasteiger partial charge in [-0.15, -0.1) is 0 Å². The lowest BCUT2D eigenvalue weighted by Gasteiger charge is -2.25. The number of nitrogens with zero attached hydrogens (tertiary/aromatic N) is 1. The highest BCUT2D eigenvalue weighted by Gasteiger charge is 2.19. The molecule has 3 rings (SSSR count). The maximum absolute atomic E-state index is 13.6. The van der Waals surface area contributed by atoms with E-state index >= 15 is 0 Å². The fourth-order valence-corrected chi connectivity index (χ4v) is 2.55. The fourth-order valence-electron chi connectivity index (χ4n) is 2.55. The molecule has 0 bridgehead atoms. The first kappa shape index (κ1) is 11.9. The standard InChI is InChI=1S/C17H14FN/c18-17-6-2-5-15(16(17)11-19)14-9-7-13(8-10-14)12-3-1-4-12/h2,5-10,12H,1,3-4H2. The molecule has 0 unspecified atom stereocenters. The number of benzene rings is 2. The van der Waals surface area contributed by atoms with Gasteiger partial charge in [0.25, 0.3) is 0 Å². The molecular formula is C17H14FN. The molecule has 1 nitrogen and oxygen atoms in total. The minimum Gasteiger partial charge on any atom is -0.206 e. The molecule has 0 saturated heterocycles. The van der Waals surface area contributed by atoms with Crippen molar-refractivity contribution in [1.29, 1.82) is 5.26 Å². The Morgan fingerprint density at radius 1 is 1.05 bits per heavy atom. The molecule has 0 atom stereocenters. The van der Waals surface area contributed by atoms with Gasteiger partial charge in [0.15, 0.2) is 0 Å². The second-order valence-corrected chi connectivity index (χ2v) is 5.02. The van der Waals surface area contributed by atoms with Crippen LogP contribution in [0, 0.1) is 17.1 Å². The zero-order valence-corrected chi connectivity index (χ0v) is 10.6. The smallest absolute Gasteiger partial charge is 0.141 e. The summed E-state index contributed by atoms with van der Waals surface area (Å²) in [5, 5.41) is 9.06. The number of rotatable bonds is 2. The van der Waals surface area contributed by atoms with E-state index in [1.165, 1.54) is 30.9 Å². The lowest BCUT2D eigenvalue weighted by atomic mass is 9.80. The van der Waals surface area contributed by atoms with Crippen molar-refractivity contribution in [2.75, 3.05) is 0 Å². The van der Waals surface area contributed by atoms with Gasteiger partial charge in [-0.2, -0.15) is 5.26 Å². The Balaban J connectivity index is 1.98. The van der Waals surface area contributed by atoms with Crippen molar-refractivity contribution >= 4 is 0 Å². The Morgan fingerprint density at radius 2 is 1.79 bits per heavy atom. The monoisotopic (exact) mass is 251 g/mol. The van der Waals surface area contributed by atoms with E-state index in [1.807, 2.05) is 18.2 Å². The minimum absolute atomic E-state index is 0.124. The first-order chi connectivity index (χ1) is 9.29. The predicted octanol–water partition coefficient (Wildman–Crippen LogP) is 4.63. The number of hydrogen-bond donors (Lipinski definition) is 0. The summed E-state index contributed by atoms with van der Waals surface area (Å²) in [7, 11) is 0. The summed E-state index contributed by atoms with van der Waals surface area (Å²) in [4.78, 5) is 0. The second-order valence-electron chi connectivity index (χ2n) is 5.02. The van der Waals surface area contributed by atoms with Crippen molar-refractivity contribution in [2.45, 2.75) is 25.2 Å². The highest BCUT2D eigenvalue weighted by Crippen LogP contribution is 2.37. The van der Waals surface area contributed by atoms with Crippen molar-refractivity contribution in [2.24, 2.45) is 0 Å². The van der Waals surface area contributed by atoms with Crippen molar-refractivity contribution in [3.8, 4) is 17.2 Å². The average Bonchev–Trinajstić information content (AvgIpc) is 2.37. The molecule has 94 valence electrons. The van der Waals surface area contributed by atoms with Gasteiger partial charge in [-0.25, -0.2) is 4.39 Å². The van der Waals surface area contributed by atoms with Crippen LogP contribution in [0.25, 0.3) is 11.1 Å². The van der Waals surface area contributed by atoms with E-state index in [0.29, 0.717) is 11.5 Å². The second kappa shape index (κ2) is 4.85. The van der Waals surface area contributed by atoms with Crippen LogP contribution in [0.2, 0.25) is 0 Å². The average molecular weight is 251 g/mol. The SMILES string of the molecule is N#Cc1c(F)cccc1-c1ccc(C2CCC2)cc1. The van der Waals surface area contributed by atoms with Gasteiger partial charge >= 0.3 is 0 Å².